The zero-order valence-electron chi connectivity index (χ0n) is 15.8. The smallest absolute Gasteiger partial charge is 0.349 e. The number of esters is 1. The Kier molecular flexibility index (Phi) is 5.10. The maximum Gasteiger partial charge on any atom is 0.349 e. The molecule has 142 valence electrons. The molecular formula is C19H26N2O4S. The Morgan fingerprint density at radius 1 is 1.38 bits per heavy atom. The lowest BCUT2D eigenvalue weighted by Gasteiger charge is -2.33. The zero-order valence-corrected chi connectivity index (χ0v) is 16.6. The average Bonchev–Trinajstić information content (AvgIpc) is 3.18. The molecule has 0 spiro atoms. The molecule has 0 unspecified atom stereocenters. The van der Waals surface area contributed by atoms with Crippen LogP contribution in [0.25, 0.3) is 0 Å². The second-order valence-corrected chi connectivity index (χ2v) is 9.27. The monoisotopic (exact) mass is 378 g/mol. The van der Waals surface area contributed by atoms with Crippen molar-refractivity contribution < 1.29 is 19.1 Å². The minimum absolute atomic E-state index is 0.248. The van der Waals surface area contributed by atoms with Crippen molar-refractivity contribution in [3.63, 3.8) is 0 Å². The Bertz CT molecular complexity index is 734. The van der Waals surface area contributed by atoms with Crippen molar-refractivity contribution in [2.24, 2.45) is 11.3 Å². The standard InChI is InChI=1S/C19H26N2O4S/c1-11(16(22)21-8-7-20-18(21)24)25-17(23)15-10-12-9-13(19(2,3)4)5-6-14(12)26-15/h10-11,13H,5-9H2,1-4H3,(H,20,24)/t11-,13+/m1/s1. The van der Waals surface area contributed by atoms with Crippen molar-refractivity contribution in [1.29, 1.82) is 0 Å². The number of imide groups is 1. The van der Waals surface area contributed by atoms with Gasteiger partial charge in [0.15, 0.2) is 6.10 Å². The summed E-state index contributed by atoms with van der Waals surface area (Å²) >= 11 is 1.46. The number of ether oxygens (including phenoxy) is 1. The number of carbonyl (C=O) groups excluding carboxylic acids is 3. The van der Waals surface area contributed by atoms with Crippen molar-refractivity contribution in [3.8, 4) is 0 Å². The number of hydrogen-bond donors (Lipinski definition) is 1. The molecule has 2 atom stereocenters. The van der Waals surface area contributed by atoms with Gasteiger partial charge in [0.1, 0.15) is 4.88 Å². The molecule has 2 aliphatic rings. The molecular weight excluding hydrogens is 352 g/mol. The van der Waals surface area contributed by atoms with Gasteiger partial charge in [0.25, 0.3) is 5.91 Å². The third-order valence-electron chi connectivity index (χ3n) is 5.26. The van der Waals surface area contributed by atoms with E-state index in [0.29, 0.717) is 23.9 Å². The maximum atomic E-state index is 12.5. The van der Waals surface area contributed by atoms with Gasteiger partial charge < -0.3 is 10.1 Å². The fourth-order valence-corrected chi connectivity index (χ4v) is 4.63. The predicted molar refractivity (Wildman–Crippen MR) is 99.3 cm³/mol. The summed E-state index contributed by atoms with van der Waals surface area (Å²) in [5.41, 5.74) is 1.48. The first-order valence-corrected chi connectivity index (χ1v) is 9.90. The number of amides is 3. The van der Waals surface area contributed by atoms with Crippen molar-refractivity contribution in [1.82, 2.24) is 10.2 Å². The second-order valence-electron chi connectivity index (χ2n) is 8.13. The Balaban J connectivity index is 1.65. The van der Waals surface area contributed by atoms with Gasteiger partial charge in [0.2, 0.25) is 0 Å². The SMILES string of the molecule is C[C@@H](OC(=O)c1cc2c(s1)CC[C@H](C(C)(C)C)C2)C(=O)N1CCNC1=O. The number of nitrogens with zero attached hydrogens (tertiary/aromatic N) is 1. The number of hydrogen-bond acceptors (Lipinski definition) is 5. The third kappa shape index (κ3) is 3.77. The van der Waals surface area contributed by atoms with Crippen LogP contribution < -0.4 is 5.32 Å². The van der Waals surface area contributed by atoms with Crippen LogP contribution in [0.15, 0.2) is 6.07 Å². The van der Waals surface area contributed by atoms with Gasteiger partial charge in [-0.25, -0.2) is 9.59 Å². The van der Waals surface area contributed by atoms with Gasteiger partial charge in [-0.2, -0.15) is 0 Å². The lowest BCUT2D eigenvalue weighted by atomic mass is 9.72. The highest BCUT2D eigenvalue weighted by Gasteiger charge is 2.33. The summed E-state index contributed by atoms with van der Waals surface area (Å²) in [5.74, 6) is -0.373. The number of rotatable bonds is 3. The summed E-state index contributed by atoms with van der Waals surface area (Å²) in [6.07, 6.45) is 2.11. The summed E-state index contributed by atoms with van der Waals surface area (Å²) in [6.45, 7) is 9.01. The van der Waals surface area contributed by atoms with E-state index in [-0.39, 0.29) is 5.41 Å². The number of urea groups is 1. The van der Waals surface area contributed by atoms with Gasteiger partial charge in [-0.3, -0.25) is 9.69 Å². The predicted octanol–water partition coefficient (Wildman–Crippen LogP) is 3.00. The van der Waals surface area contributed by atoms with Crippen LogP contribution in [0.2, 0.25) is 0 Å². The molecule has 1 N–H and O–H groups in total. The van der Waals surface area contributed by atoms with Gasteiger partial charge in [-0.05, 0) is 49.1 Å². The topological polar surface area (TPSA) is 75.7 Å². The first-order chi connectivity index (χ1) is 12.2. The summed E-state index contributed by atoms with van der Waals surface area (Å²) < 4.78 is 5.33. The van der Waals surface area contributed by atoms with E-state index in [4.69, 9.17) is 4.74 Å². The number of carbonyl (C=O) groups is 3. The first kappa shape index (κ1) is 18.9. The molecule has 1 aliphatic carbocycles. The minimum Gasteiger partial charge on any atom is -0.448 e. The fourth-order valence-electron chi connectivity index (χ4n) is 3.53. The molecule has 1 saturated heterocycles. The fraction of sp³-hybridized carbons (Fsp3) is 0.632. The third-order valence-corrected chi connectivity index (χ3v) is 6.48. The van der Waals surface area contributed by atoms with Crippen LogP contribution in [-0.4, -0.2) is 42.0 Å². The molecule has 2 heterocycles. The summed E-state index contributed by atoms with van der Waals surface area (Å²) in [7, 11) is 0. The quantitative estimate of drug-likeness (QED) is 0.821. The number of nitrogens with one attached hydrogen (secondary N) is 1. The van der Waals surface area contributed by atoms with Gasteiger partial charge in [0, 0.05) is 18.0 Å². The molecule has 0 bridgehead atoms. The Morgan fingerprint density at radius 2 is 2.12 bits per heavy atom. The molecule has 1 fully saturated rings. The van der Waals surface area contributed by atoms with E-state index in [0.717, 1.165) is 24.2 Å². The molecule has 6 nitrogen and oxygen atoms in total. The van der Waals surface area contributed by atoms with E-state index in [1.807, 2.05) is 6.07 Å². The van der Waals surface area contributed by atoms with Crippen molar-refractivity contribution in [2.45, 2.75) is 53.1 Å². The first-order valence-electron chi connectivity index (χ1n) is 9.08. The highest BCUT2D eigenvalue weighted by Crippen LogP contribution is 2.40. The zero-order chi connectivity index (χ0) is 19.1. The average molecular weight is 378 g/mol. The Labute approximate surface area is 157 Å². The van der Waals surface area contributed by atoms with Gasteiger partial charge in [-0.1, -0.05) is 20.8 Å². The Morgan fingerprint density at radius 3 is 2.73 bits per heavy atom. The van der Waals surface area contributed by atoms with Crippen LogP contribution in [0, 0.1) is 11.3 Å². The van der Waals surface area contributed by atoms with Crippen LogP contribution in [0.1, 0.15) is 54.2 Å². The van der Waals surface area contributed by atoms with E-state index in [1.165, 1.54) is 28.7 Å². The van der Waals surface area contributed by atoms with E-state index >= 15 is 0 Å². The van der Waals surface area contributed by atoms with Crippen molar-refractivity contribution >= 4 is 29.2 Å². The Hall–Kier alpha value is -1.89. The number of thiophene rings is 1. The van der Waals surface area contributed by atoms with Gasteiger partial charge in [-0.15, -0.1) is 11.3 Å². The largest absolute Gasteiger partial charge is 0.448 e. The van der Waals surface area contributed by atoms with Crippen LogP contribution in [-0.2, 0) is 22.4 Å². The summed E-state index contributed by atoms with van der Waals surface area (Å²) in [4.78, 5) is 39.2. The van der Waals surface area contributed by atoms with Crippen molar-refractivity contribution in [2.75, 3.05) is 13.1 Å². The molecule has 1 aromatic rings. The van der Waals surface area contributed by atoms with E-state index < -0.39 is 24.0 Å². The highest BCUT2D eigenvalue weighted by atomic mass is 32.1. The molecule has 26 heavy (non-hydrogen) atoms. The molecule has 7 heteroatoms. The lowest BCUT2D eigenvalue weighted by molar-refractivity contribution is -0.135. The van der Waals surface area contributed by atoms with Crippen LogP contribution in [0.4, 0.5) is 4.79 Å². The van der Waals surface area contributed by atoms with Crippen LogP contribution >= 0.6 is 11.3 Å². The van der Waals surface area contributed by atoms with Gasteiger partial charge in [0.05, 0.1) is 0 Å². The summed E-state index contributed by atoms with van der Waals surface area (Å²) in [5, 5.41) is 2.57. The highest BCUT2D eigenvalue weighted by molar-refractivity contribution is 7.14. The van der Waals surface area contributed by atoms with E-state index in [9.17, 15) is 14.4 Å². The minimum atomic E-state index is -0.979. The number of fused-ring (bicyclic) bond motifs is 1. The molecule has 0 saturated carbocycles. The molecule has 0 aromatic carbocycles. The van der Waals surface area contributed by atoms with E-state index in [1.54, 1.807) is 0 Å². The molecule has 0 radical (unpaired) electrons. The lowest BCUT2D eigenvalue weighted by Crippen LogP contribution is -2.41. The molecule has 1 aliphatic heterocycles. The molecule has 3 rings (SSSR count). The maximum absolute atomic E-state index is 12.5. The second kappa shape index (κ2) is 7.02. The summed E-state index contributed by atoms with van der Waals surface area (Å²) in [6, 6.07) is 1.48. The normalized spacial score (nSPS) is 21.2. The van der Waals surface area contributed by atoms with Crippen LogP contribution in [0.3, 0.4) is 0 Å². The van der Waals surface area contributed by atoms with Gasteiger partial charge >= 0.3 is 12.0 Å². The molecule has 1 aromatic heterocycles. The van der Waals surface area contributed by atoms with Crippen molar-refractivity contribution in [3.05, 3.63) is 21.4 Å². The van der Waals surface area contributed by atoms with E-state index in [2.05, 4.69) is 26.1 Å². The molecule has 3 amide bonds. The van der Waals surface area contributed by atoms with Crippen LogP contribution in [0.5, 0.6) is 0 Å². The number of aryl methyl sites for hydroxylation is 1.